The van der Waals surface area contributed by atoms with Crippen molar-refractivity contribution in [3.63, 3.8) is 0 Å². The lowest BCUT2D eigenvalue weighted by molar-refractivity contribution is -0.122. The Morgan fingerprint density at radius 3 is 2.54 bits per heavy atom. The van der Waals surface area contributed by atoms with Crippen LogP contribution in [0.3, 0.4) is 0 Å². The van der Waals surface area contributed by atoms with Crippen molar-refractivity contribution in [2.45, 2.75) is 63.8 Å². The molecule has 5 heteroatoms. The van der Waals surface area contributed by atoms with E-state index in [0.717, 1.165) is 18.4 Å². The van der Waals surface area contributed by atoms with Gasteiger partial charge in [0.25, 0.3) is 0 Å². The van der Waals surface area contributed by atoms with Crippen LogP contribution in [0.4, 0.5) is 0 Å². The molecule has 1 aliphatic rings. The second kappa shape index (κ2) is 8.62. The van der Waals surface area contributed by atoms with Crippen molar-refractivity contribution in [3.05, 3.63) is 36.2 Å². The van der Waals surface area contributed by atoms with Gasteiger partial charge < -0.3 is 9.84 Å². The van der Waals surface area contributed by atoms with Gasteiger partial charge in [0.1, 0.15) is 0 Å². The molecule has 0 bridgehead atoms. The zero-order valence-electron chi connectivity index (χ0n) is 14.0. The standard InChI is InChI=1S/C19H25N3O2/c23-17(20-16-11-7-2-1-3-8-12-16)13-14-18-21-19(22-24-18)15-9-5-4-6-10-15/h4-6,9-10,16H,1-3,7-8,11-14H2,(H,20,23). The van der Waals surface area contributed by atoms with Crippen molar-refractivity contribution in [3.8, 4) is 11.4 Å². The number of nitrogens with one attached hydrogen (secondary N) is 1. The number of aryl methyl sites for hydroxylation is 1. The molecule has 5 nitrogen and oxygen atoms in total. The van der Waals surface area contributed by atoms with Crippen molar-refractivity contribution < 1.29 is 9.32 Å². The van der Waals surface area contributed by atoms with Gasteiger partial charge in [0.15, 0.2) is 0 Å². The Hall–Kier alpha value is -2.17. The minimum Gasteiger partial charge on any atom is -0.353 e. The first-order valence-electron chi connectivity index (χ1n) is 8.98. The van der Waals surface area contributed by atoms with E-state index in [2.05, 4.69) is 15.5 Å². The maximum atomic E-state index is 12.2. The van der Waals surface area contributed by atoms with E-state index >= 15 is 0 Å². The quantitative estimate of drug-likeness (QED) is 0.904. The summed E-state index contributed by atoms with van der Waals surface area (Å²) in [7, 11) is 0. The van der Waals surface area contributed by atoms with E-state index in [9.17, 15) is 4.79 Å². The number of nitrogens with zero attached hydrogens (tertiary/aromatic N) is 2. The van der Waals surface area contributed by atoms with Gasteiger partial charge in [0.2, 0.25) is 17.6 Å². The topological polar surface area (TPSA) is 68.0 Å². The summed E-state index contributed by atoms with van der Waals surface area (Å²) in [5, 5.41) is 7.15. The fourth-order valence-corrected chi connectivity index (χ4v) is 3.18. The molecule has 3 rings (SSSR count). The SMILES string of the molecule is O=C(CCc1nc(-c2ccccc2)no1)NC1CCCCCCC1. The normalized spacial score (nSPS) is 16.3. The predicted octanol–water partition coefficient (Wildman–Crippen LogP) is 3.90. The van der Waals surface area contributed by atoms with E-state index in [-0.39, 0.29) is 5.91 Å². The average Bonchev–Trinajstić information content (AvgIpc) is 3.05. The van der Waals surface area contributed by atoms with Crippen LogP contribution in [-0.2, 0) is 11.2 Å². The molecule has 0 radical (unpaired) electrons. The molecule has 24 heavy (non-hydrogen) atoms. The van der Waals surface area contributed by atoms with Crippen LogP contribution in [-0.4, -0.2) is 22.1 Å². The number of hydrogen-bond donors (Lipinski definition) is 1. The van der Waals surface area contributed by atoms with E-state index < -0.39 is 0 Å². The Morgan fingerprint density at radius 2 is 1.79 bits per heavy atom. The third kappa shape index (κ3) is 4.91. The van der Waals surface area contributed by atoms with Gasteiger partial charge in [-0.3, -0.25) is 4.79 Å². The molecule has 1 saturated carbocycles. The molecule has 128 valence electrons. The summed E-state index contributed by atoms with van der Waals surface area (Å²) < 4.78 is 5.25. The molecule has 1 aromatic heterocycles. The average molecular weight is 327 g/mol. The zero-order valence-corrected chi connectivity index (χ0v) is 14.0. The van der Waals surface area contributed by atoms with Crippen molar-refractivity contribution in [2.75, 3.05) is 0 Å². The minimum atomic E-state index is 0.0834. The van der Waals surface area contributed by atoms with Gasteiger partial charge in [-0.2, -0.15) is 4.98 Å². The van der Waals surface area contributed by atoms with Crippen LogP contribution in [0.25, 0.3) is 11.4 Å². The Kier molecular flexibility index (Phi) is 5.99. The van der Waals surface area contributed by atoms with Crippen LogP contribution < -0.4 is 5.32 Å². The summed E-state index contributed by atoms with van der Waals surface area (Å²) in [5.74, 6) is 1.17. The van der Waals surface area contributed by atoms with Gasteiger partial charge in [-0.1, -0.05) is 67.6 Å². The lowest BCUT2D eigenvalue weighted by Gasteiger charge is -2.20. The number of benzene rings is 1. The first kappa shape index (κ1) is 16.7. The second-order valence-electron chi connectivity index (χ2n) is 6.49. The third-order valence-corrected chi connectivity index (χ3v) is 4.54. The first-order valence-corrected chi connectivity index (χ1v) is 8.98. The molecule has 0 unspecified atom stereocenters. The second-order valence-corrected chi connectivity index (χ2v) is 6.49. The van der Waals surface area contributed by atoms with Crippen LogP contribution in [0.1, 0.15) is 57.3 Å². The van der Waals surface area contributed by atoms with E-state index in [0.29, 0.717) is 30.6 Å². The number of hydrogen-bond acceptors (Lipinski definition) is 4. The summed E-state index contributed by atoms with van der Waals surface area (Å²) in [6.45, 7) is 0. The largest absolute Gasteiger partial charge is 0.353 e. The molecule has 1 aliphatic carbocycles. The highest BCUT2D eigenvalue weighted by Gasteiger charge is 2.15. The fraction of sp³-hybridized carbons (Fsp3) is 0.526. The molecule has 0 atom stereocenters. The summed E-state index contributed by atoms with van der Waals surface area (Å²) in [5.41, 5.74) is 0.923. The summed E-state index contributed by atoms with van der Waals surface area (Å²) in [6.07, 6.45) is 9.43. The molecule has 1 N–H and O–H groups in total. The molecule has 0 aliphatic heterocycles. The number of carbonyl (C=O) groups excluding carboxylic acids is 1. The van der Waals surface area contributed by atoms with Crippen molar-refractivity contribution >= 4 is 5.91 Å². The van der Waals surface area contributed by atoms with Crippen molar-refractivity contribution in [1.29, 1.82) is 0 Å². The summed E-state index contributed by atoms with van der Waals surface area (Å²) in [6, 6.07) is 10.0. The number of aromatic nitrogens is 2. The van der Waals surface area contributed by atoms with E-state index in [4.69, 9.17) is 4.52 Å². The Bertz CT molecular complexity index is 631. The zero-order chi connectivity index (χ0) is 16.6. The molecule has 1 amide bonds. The van der Waals surface area contributed by atoms with Gasteiger partial charge in [-0.05, 0) is 12.8 Å². The van der Waals surface area contributed by atoms with Crippen molar-refractivity contribution in [2.24, 2.45) is 0 Å². The third-order valence-electron chi connectivity index (χ3n) is 4.54. The lowest BCUT2D eigenvalue weighted by Crippen LogP contribution is -2.35. The molecule has 1 aromatic carbocycles. The summed E-state index contributed by atoms with van der Waals surface area (Å²) >= 11 is 0. The molecule has 0 saturated heterocycles. The molecular weight excluding hydrogens is 302 g/mol. The highest BCUT2D eigenvalue weighted by atomic mass is 16.5. The van der Waals surface area contributed by atoms with Crippen molar-refractivity contribution in [1.82, 2.24) is 15.5 Å². The first-order chi connectivity index (χ1) is 11.8. The monoisotopic (exact) mass is 327 g/mol. The molecule has 1 fully saturated rings. The number of amides is 1. The van der Waals surface area contributed by atoms with Crippen LogP contribution in [0.2, 0.25) is 0 Å². The van der Waals surface area contributed by atoms with Gasteiger partial charge in [-0.25, -0.2) is 0 Å². The summed E-state index contributed by atoms with van der Waals surface area (Å²) in [4.78, 5) is 16.5. The van der Waals surface area contributed by atoms with E-state index in [1.54, 1.807) is 0 Å². The number of rotatable bonds is 5. The molecule has 1 heterocycles. The van der Waals surface area contributed by atoms with Gasteiger partial charge in [0.05, 0.1) is 0 Å². The highest BCUT2D eigenvalue weighted by molar-refractivity contribution is 5.76. The van der Waals surface area contributed by atoms with E-state index in [1.165, 1.54) is 32.1 Å². The van der Waals surface area contributed by atoms with Crippen LogP contribution >= 0.6 is 0 Å². The Labute approximate surface area is 142 Å². The molecule has 0 spiro atoms. The van der Waals surface area contributed by atoms with Crippen LogP contribution in [0.5, 0.6) is 0 Å². The lowest BCUT2D eigenvalue weighted by atomic mass is 9.96. The Balaban J connectivity index is 1.47. The Morgan fingerprint density at radius 1 is 1.08 bits per heavy atom. The molecule has 2 aromatic rings. The minimum absolute atomic E-state index is 0.0834. The van der Waals surface area contributed by atoms with E-state index in [1.807, 2.05) is 30.3 Å². The predicted molar refractivity (Wildman–Crippen MR) is 92.3 cm³/mol. The van der Waals surface area contributed by atoms with Crippen LogP contribution in [0.15, 0.2) is 34.9 Å². The fourth-order valence-electron chi connectivity index (χ4n) is 3.18. The highest BCUT2D eigenvalue weighted by Crippen LogP contribution is 2.18. The van der Waals surface area contributed by atoms with Crippen LogP contribution in [0, 0.1) is 0 Å². The van der Waals surface area contributed by atoms with Gasteiger partial charge in [-0.15, -0.1) is 0 Å². The maximum Gasteiger partial charge on any atom is 0.227 e. The maximum absolute atomic E-state index is 12.2. The van der Waals surface area contributed by atoms with Gasteiger partial charge in [0, 0.05) is 24.4 Å². The number of carbonyl (C=O) groups is 1. The molecular formula is C19H25N3O2. The smallest absolute Gasteiger partial charge is 0.227 e. The van der Waals surface area contributed by atoms with Gasteiger partial charge >= 0.3 is 0 Å².